The molecule has 0 bridgehead atoms. The molecule has 2 heteroatoms. The summed E-state index contributed by atoms with van der Waals surface area (Å²) in [5, 5.41) is 3.94. The Hall–Kier alpha value is -0.0800. The van der Waals surface area contributed by atoms with E-state index >= 15 is 0 Å². The highest BCUT2D eigenvalue weighted by Gasteiger charge is 2.50. The second kappa shape index (κ2) is 5.61. The summed E-state index contributed by atoms with van der Waals surface area (Å²) in [4.78, 5) is 2.94. The van der Waals surface area contributed by atoms with Crippen molar-refractivity contribution in [3.8, 4) is 0 Å². The number of piperazine rings is 1. The van der Waals surface area contributed by atoms with Crippen LogP contribution >= 0.6 is 0 Å². The van der Waals surface area contributed by atoms with Crippen LogP contribution in [0.4, 0.5) is 0 Å². The minimum absolute atomic E-state index is 0.378. The lowest BCUT2D eigenvalue weighted by molar-refractivity contribution is -0.0259. The quantitative estimate of drug-likeness (QED) is 0.786. The molecule has 1 saturated heterocycles. The van der Waals surface area contributed by atoms with Crippen LogP contribution in [-0.2, 0) is 0 Å². The number of hydrogen-bond acceptors (Lipinski definition) is 2. The van der Waals surface area contributed by atoms with Crippen LogP contribution in [-0.4, -0.2) is 35.1 Å². The highest BCUT2D eigenvalue weighted by Crippen LogP contribution is 2.44. The molecule has 116 valence electrons. The van der Waals surface area contributed by atoms with Gasteiger partial charge in [-0.1, -0.05) is 32.6 Å². The van der Waals surface area contributed by atoms with Crippen molar-refractivity contribution in [2.75, 3.05) is 13.1 Å². The topological polar surface area (TPSA) is 15.3 Å². The number of nitrogens with zero attached hydrogens (tertiary/aromatic N) is 1. The Bertz CT molecular complexity index is 330. The third-order valence-corrected chi connectivity index (χ3v) is 6.57. The first-order valence-corrected chi connectivity index (χ1v) is 9.09. The van der Waals surface area contributed by atoms with Crippen molar-refractivity contribution in [2.45, 2.75) is 95.7 Å². The Morgan fingerprint density at radius 3 is 2.20 bits per heavy atom. The second-order valence-electron chi connectivity index (χ2n) is 8.17. The van der Waals surface area contributed by atoms with E-state index in [0.717, 1.165) is 12.0 Å². The maximum atomic E-state index is 3.94. The lowest BCUT2D eigenvalue weighted by Gasteiger charge is -2.55. The van der Waals surface area contributed by atoms with Crippen molar-refractivity contribution in [2.24, 2.45) is 5.92 Å². The van der Waals surface area contributed by atoms with Crippen molar-refractivity contribution in [1.82, 2.24) is 10.2 Å². The maximum Gasteiger partial charge on any atom is 0.0309 e. The van der Waals surface area contributed by atoms with Crippen molar-refractivity contribution < 1.29 is 0 Å². The first-order valence-electron chi connectivity index (χ1n) is 9.09. The van der Waals surface area contributed by atoms with Gasteiger partial charge in [-0.15, -0.1) is 0 Å². The van der Waals surface area contributed by atoms with Crippen molar-refractivity contribution in [3.05, 3.63) is 0 Å². The monoisotopic (exact) mass is 278 g/mol. The highest BCUT2D eigenvalue weighted by molar-refractivity contribution is 5.08. The summed E-state index contributed by atoms with van der Waals surface area (Å²) in [7, 11) is 0. The summed E-state index contributed by atoms with van der Waals surface area (Å²) < 4.78 is 0. The molecule has 3 fully saturated rings. The molecule has 1 aliphatic heterocycles. The molecule has 1 N–H and O–H groups in total. The van der Waals surface area contributed by atoms with Gasteiger partial charge in [0.05, 0.1) is 0 Å². The van der Waals surface area contributed by atoms with Gasteiger partial charge in [0.1, 0.15) is 0 Å². The fourth-order valence-corrected chi connectivity index (χ4v) is 4.56. The van der Waals surface area contributed by atoms with Crippen LogP contribution in [0.3, 0.4) is 0 Å². The molecule has 0 amide bonds. The number of hydrogen-bond donors (Lipinski definition) is 1. The summed E-state index contributed by atoms with van der Waals surface area (Å²) in [6, 6.07) is 0.850. The van der Waals surface area contributed by atoms with E-state index in [-0.39, 0.29) is 0 Å². The van der Waals surface area contributed by atoms with Gasteiger partial charge in [-0.05, 0) is 51.9 Å². The molecular weight excluding hydrogens is 244 g/mol. The fourth-order valence-electron chi connectivity index (χ4n) is 4.56. The third-order valence-electron chi connectivity index (χ3n) is 6.57. The van der Waals surface area contributed by atoms with Gasteiger partial charge in [0.2, 0.25) is 0 Å². The van der Waals surface area contributed by atoms with Gasteiger partial charge in [-0.25, -0.2) is 0 Å². The van der Waals surface area contributed by atoms with Gasteiger partial charge in [-0.2, -0.15) is 0 Å². The zero-order valence-corrected chi connectivity index (χ0v) is 13.9. The van der Waals surface area contributed by atoms with E-state index in [1.54, 1.807) is 0 Å². The molecule has 3 rings (SSSR count). The van der Waals surface area contributed by atoms with Crippen LogP contribution < -0.4 is 5.32 Å². The molecule has 2 saturated carbocycles. The smallest absolute Gasteiger partial charge is 0.0309 e. The molecule has 0 aromatic carbocycles. The van der Waals surface area contributed by atoms with E-state index in [2.05, 4.69) is 31.0 Å². The van der Waals surface area contributed by atoms with E-state index in [9.17, 15) is 0 Å². The van der Waals surface area contributed by atoms with Crippen LogP contribution in [0, 0.1) is 5.92 Å². The van der Waals surface area contributed by atoms with Crippen LogP contribution in [0.1, 0.15) is 78.6 Å². The predicted octanol–water partition coefficient (Wildman–Crippen LogP) is 3.95. The number of rotatable bonds is 3. The predicted molar refractivity (Wildman–Crippen MR) is 86.0 cm³/mol. The first kappa shape index (κ1) is 14.8. The average molecular weight is 278 g/mol. The molecule has 0 spiro atoms. The molecule has 0 radical (unpaired) electrons. The van der Waals surface area contributed by atoms with Crippen molar-refractivity contribution in [3.63, 3.8) is 0 Å². The Balaban J connectivity index is 1.77. The summed E-state index contributed by atoms with van der Waals surface area (Å²) in [6.45, 7) is 9.84. The molecule has 2 atom stereocenters. The van der Waals surface area contributed by atoms with Gasteiger partial charge in [0.15, 0.2) is 0 Å². The Labute approximate surface area is 125 Å². The lowest BCUT2D eigenvalue weighted by Crippen LogP contribution is -2.70. The maximum absolute atomic E-state index is 3.94. The van der Waals surface area contributed by atoms with Crippen LogP contribution in [0.5, 0.6) is 0 Å². The van der Waals surface area contributed by atoms with E-state index in [1.165, 1.54) is 70.9 Å². The van der Waals surface area contributed by atoms with E-state index < -0.39 is 0 Å². The van der Waals surface area contributed by atoms with Crippen LogP contribution in [0.25, 0.3) is 0 Å². The molecule has 2 aliphatic carbocycles. The molecular formula is C18H34N2. The zero-order valence-electron chi connectivity index (χ0n) is 13.9. The summed E-state index contributed by atoms with van der Waals surface area (Å²) >= 11 is 0. The lowest BCUT2D eigenvalue weighted by atomic mass is 9.82. The molecule has 0 aromatic rings. The van der Waals surface area contributed by atoms with Gasteiger partial charge in [0, 0.05) is 30.2 Å². The minimum atomic E-state index is 0.378. The second-order valence-corrected chi connectivity index (χ2v) is 8.17. The van der Waals surface area contributed by atoms with Crippen LogP contribution in [0.2, 0.25) is 0 Å². The number of nitrogens with one attached hydrogen (secondary N) is 1. The minimum Gasteiger partial charge on any atom is -0.308 e. The summed E-state index contributed by atoms with van der Waals surface area (Å²) in [6.07, 6.45) is 12.9. The molecule has 3 aliphatic rings. The van der Waals surface area contributed by atoms with E-state index in [0.29, 0.717) is 11.1 Å². The van der Waals surface area contributed by atoms with Gasteiger partial charge in [-0.3, -0.25) is 4.90 Å². The Kier molecular flexibility index (Phi) is 4.16. The normalized spacial score (nSPS) is 41.5. The van der Waals surface area contributed by atoms with Crippen molar-refractivity contribution in [1.29, 1.82) is 0 Å². The Morgan fingerprint density at radius 2 is 1.65 bits per heavy atom. The molecule has 2 unspecified atom stereocenters. The van der Waals surface area contributed by atoms with Crippen LogP contribution in [0.15, 0.2) is 0 Å². The fraction of sp³-hybridized carbons (Fsp3) is 1.00. The summed E-state index contributed by atoms with van der Waals surface area (Å²) in [5.74, 6) is 0.942. The average Bonchev–Trinajstić information content (AvgIpc) is 3.28. The van der Waals surface area contributed by atoms with Gasteiger partial charge >= 0.3 is 0 Å². The molecule has 20 heavy (non-hydrogen) atoms. The van der Waals surface area contributed by atoms with E-state index in [1.807, 2.05) is 0 Å². The van der Waals surface area contributed by atoms with Gasteiger partial charge < -0.3 is 5.32 Å². The Morgan fingerprint density at radius 1 is 1.00 bits per heavy atom. The van der Waals surface area contributed by atoms with Gasteiger partial charge in [0.25, 0.3) is 0 Å². The van der Waals surface area contributed by atoms with E-state index in [4.69, 9.17) is 0 Å². The van der Waals surface area contributed by atoms with Crippen molar-refractivity contribution >= 4 is 0 Å². The molecule has 2 nitrogen and oxygen atoms in total. The highest BCUT2D eigenvalue weighted by atomic mass is 15.3. The standard InChI is InChI=1S/C18H34N2/c1-4-17(2)13-19-18(3,15-11-12-15)14-20(17)16-9-7-5-6-8-10-16/h15-16,19H,4-14H2,1-3H3. The largest absolute Gasteiger partial charge is 0.308 e. The summed E-state index contributed by atoms with van der Waals surface area (Å²) in [5.41, 5.74) is 0.768. The SMILES string of the molecule is CCC1(C)CNC(C)(C2CC2)CN1C1CCCCCC1. The molecule has 0 aromatic heterocycles. The zero-order chi connectivity index (χ0) is 14.2. The first-order chi connectivity index (χ1) is 9.57. The molecule has 1 heterocycles. The third kappa shape index (κ3) is 2.78.